The Morgan fingerprint density at radius 1 is 1.00 bits per heavy atom. The predicted octanol–water partition coefficient (Wildman–Crippen LogP) is 5.62. The minimum atomic E-state index is 0.0815. The van der Waals surface area contributed by atoms with Crippen LogP contribution in [0.15, 0.2) is 24.3 Å². The van der Waals surface area contributed by atoms with Gasteiger partial charge in [-0.2, -0.15) is 0 Å². The highest BCUT2D eigenvalue weighted by Crippen LogP contribution is 2.42. The molecule has 2 heteroatoms. The molecule has 0 aliphatic heterocycles. The van der Waals surface area contributed by atoms with Gasteiger partial charge in [0, 0.05) is 0 Å². The van der Waals surface area contributed by atoms with Gasteiger partial charge >= 0.3 is 0 Å². The summed E-state index contributed by atoms with van der Waals surface area (Å²) in [5.41, 5.74) is 1.39. The Kier molecular flexibility index (Phi) is 5.63. The van der Waals surface area contributed by atoms with Crippen LogP contribution < -0.4 is 0 Å². The van der Waals surface area contributed by atoms with Crippen LogP contribution >= 0.6 is 0 Å². The van der Waals surface area contributed by atoms with E-state index in [4.69, 9.17) is 4.74 Å². The van der Waals surface area contributed by atoms with Gasteiger partial charge in [0.1, 0.15) is 5.75 Å². The Morgan fingerprint density at radius 3 is 2.26 bits per heavy atom. The van der Waals surface area contributed by atoms with Crippen molar-refractivity contribution in [2.45, 2.75) is 89.3 Å². The molecule has 2 fully saturated rings. The number of phenolic OH excluding ortho intramolecular Hbond substituents is 1. The fraction of sp³-hybridized carbons (Fsp3) is 0.714. The highest BCUT2D eigenvalue weighted by molar-refractivity contribution is 5.26. The summed E-state index contributed by atoms with van der Waals surface area (Å²) < 4.78 is 6.83. The van der Waals surface area contributed by atoms with Gasteiger partial charge in [-0.3, -0.25) is 0 Å². The lowest BCUT2D eigenvalue weighted by atomic mass is 9.73. The van der Waals surface area contributed by atoms with Crippen molar-refractivity contribution in [1.82, 2.24) is 0 Å². The minimum absolute atomic E-state index is 0.0815. The van der Waals surface area contributed by atoms with Gasteiger partial charge in [-0.05, 0) is 55.7 Å². The summed E-state index contributed by atoms with van der Waals surface area (Å²) in [5, 5.41) is 9.48. The van der Waals surface area contributed by atoms with Crippen LogP contribution in [0, 0.1) is 5.92 Å². The first-order valence-electron chi connectivity index (χ1n) is 9.64. The molecular formula is C21H32O2. The molecule has 1 aromatic carbocycles. The minimum Gasteiger partial charge on any atom is -0.508 e. The second kappa shape index (κ2) is 7.70. The molecule has 0 amide bonds. The predicted molar refractivity (Wildman–Crippen MR) is 94.7 cm³/mol. The smallest absolute Gasteiger partial charge is 0.115 e. The van der Waals surface area contributed by atoms with Crippen LogP contribution in [0.5, 0.6) is 5.75 Å². The van der Waals surface area contributed by atoms with Crippen molar-refractivity contribution in [3.8, 4) is 5.75 Å². The third-order valence-electron chi connectivity index (χ3n) is 6.03. The molecule has 1 aromatic rings. The Balaban J connectivity index is 1.70. The molecule has 0 bridgehead atoms. The molecule has 0 saturated heterocycles. The molecule has 2 saturated carbocycles. The number of benzene rings is 1. The van der Waals surface area contributed by atoms with Crippen molar-refractivity contribution in [3.05, 3.63) is 29.8 Å². The van der Waals surface area contributed by atoms with E-state index in [2.05, 4.69) is 19.1 Å². The van der Waals surface area contributed by atoms with Crippen molar-refractivity contribution in [2.24, 2.45) is 5.92 Å². The molecule has 0 aromatic heterocycles. The average Bonchev–Trinajstić information content (AvgIpc) is 2.58. The van der Waals surface area contributed by atoms with Gasteiger partial charge in [-0.25, -0.2) is 0 Å². The molecular weight excluding hydrogens is 284 g/mol. The zero-order chi connectivity index (χ0) is 16.1. The van der Waals surface area contributed by atoms with E-state index < -0.39 is 0 Å². The first-order chi connectivity index (χ1) is 11.2. The molecule has 0 heterocycles. The van der Waals surface area contributed by atoms with E-state index in [1.807, 2.05) is 0 Å². The lowest BCUT2D eigenvalue weighted by Gasteiger charge is -2.45. The fourth-order valence-electron chi connectivity index (χ4n) is 4.56. The van der Waals surface area contributed by atoms with Crippen LogP contribution in [0.25, 0.3) is 0 Å². The van der Waals surface area contributed by atoms with Gasteiger partial charge in [0.25, 0.3) is 0 Å². The Bertz CT molecular complexity index is 467. The van der Waals surface area contributed by atoms with Crippen molar-refractivity contribution < 1.29 is 9.84 Å². The summed E-state index contributed by atoms with van der Waals surface area (Å²) in [4.78, 5) is 0. The molecule has 2 aliphatic carbocycles. The summed E-state index contributed by atoms with van der Waals surface area (Å²) in [7, 11) is 0. The number of aromatic hydroxyl groups is 1. The average molecular weight is 316 g/mol. The van der Waals surface area contributed by atoms with Crippen molar-refractivity contribution in [3.63, 3.8) is 0 Å². The van der Waals surface area contributed by atoms with Crippen LogP contribution in [0.4, 0.5) is 0 Å². The van der Waals surface area contributed by atoms with Gasteiger partial charge in [-0.15, -0.1) is 0 Å². The van der Waals surface area contributed by atoms with E-state index in [1.54, 1.807) is 12.1 Å². The van der Waals surface area contributed by atoms with Crippen molar-refractivity contribution in [2.75, 3.05) is 0 Å². The number of hydrogen-bond donors (Lipinski definition) is 1. The molecule has 2 nitrogen and oxygen atoms in total. The maximum Gasteiger partial charge on any atom is 0.115 e. The third-order valence-corrected chi connectivity index (χ3v) is 6.03. The summed E-state index contributed by atoms with van der Waals surface area (Å²) in [6.45, 7) is 2.38. The van der Waals surface area contributed by atoms with Crippen LogP contribution in [-0.2, 0) is 11.2 Å². The fourth-order valence-corrected chi connectivity index (χ4v) is 4.56. The third kappa shape index (κ3) is 4.29. The molecule has 3 rings (SSSR count). The van der Waals surface area contributed by atoms with E-state index in [1.165, 1.54) is 69.8 Å². The molecule has 1 N–H and O–H groups in total. The lowest BCUT2D eigenvalue weighted by Crippen LogP contribution is -2.45. The standard InChI is InChI=1S/C21H32O2/c1-17(16-18-10-12-19(22)13-11-18)21(14-6-3-7-15-21)23-20-8-4-2-5-9-20/h10-13,17,20,22H,2-9,14-16H2,1H3. The number of phenols is 1. The normalized spacial score (nSPS) is 23.5. The Labute approximate surface area is 141 Å². The van der Waals surface area contributed by atoms with Crippen LogP contribution in [0.3, 0.4) is 0 Å². The first kappa shape index (κ1) is 16.8. The van der Waals surface area contributed by atoms with Gasteiger partial charge in [-0.1, -0.05) is 57.6 Å². The van der Waals surface area contributed by atoms with Gasteiger partial charge in [0.15, 0.2) is 0 Å². The molecule has 2 aliphatic rings. The molecule has 0 spiro atoms. The van der Waals surface area contributed by atoms with Crippen molar-refractivity contribution in [1.29, 1.82) is 0 Å². The van der Waals surface area contributed by atoms with E-state index in [0.717, 1.165) is 6.42 Å². The van der Waals surface area contributed by atoms with E-state index in [9.17, 15) is 5.11 Å². The summed E-state index contributed by atoms with van der Waals surface area (Å²) in [5.74, 6) is 0.890. The topological polar surface area (TPSA) is 29.5 Å². The van der Waals surface area contributed by atoms with Gasteiger partial charge < -0.3 is 9.84 Å². The SMILES string of the molecule is CC(Cc1ccc(O)cc1)C1(OC2CCCCC2)CCCCC1. The zero-order valence-corrected chi connectivity index (χ0v) is 14.6. The number of rotatable bonds is 5. The Morgan fingerprint density at radius 2 is 1.61 bits per heavy atom. The van der Waals surface area contributed by atoms with Crippen LogP contribution in [-0.4, -0.2) is 16.8 Å². The molecule has 128 valence electrons. The lowest BCUT2D eigenvalue weighted by molar-refractivity contribution is -0.151. The summed E-state index contributed by atoms with van der Waals surface area (Å²) in [6, 6.07) is 7.72. The number of ether oxygens (including phenoxy) is 1. The maximum absolute atomic E-state index is 9.48. The molecule has 1 unspecified atom stereocenters. The van der Waals surface area contributed by atoms with E-state index in [0.29, 0.717) is 17.8 Å². The molecule has 1 atom stereocenters. The van der Waals surface area contributed by atoms with Crippen LogP contribution in [0.2, 0.25) is 0 Å². The summed E-state index contributed by atoms with van der Waals surface area (Å²) in [6.07, 6.45) is 14.6. The number of hydrogen-bond acceptors (Lipinski definition) is 2. The molecule has 0 radical (unpaired) electrons. The van der Waals surface area contributed by atoms with Crippen LogP contribution in [0.1, 0.15) is 76.7 Å². The summed E-state index contributed by atoms with van der Waals surface area (Å²) >= 11 is 0. The monoisotopic (exact) mass is 316 g/mol. The van der Waals surface area contributed by atoms with E-state index in [-0.39, 0.29) is 5.60 Å². The zero-order valence-electron chi connectivity index (χ0n) is 14.6. The highest BCUT2D eigenvalue weighted by Gasteiger charge is 2.40. The van der Waals surface area contributed by atoms with Crippen molar-refractivity contribution >= 4 is 0 Å². The largest absolute Gasteiger partial charge is 0.508 e. The quantitative estimate of drug-likeness (QED) is 0.763. The second-order valence-electron chi connectivity index (χ2n) is 7.77. The van der Waals surface area contributed by atoms with Gasteiger partial charge in [0.2, 0.25) is 0 Å². The molecule has 23 heavy (non-hydrogen) atoms. The van der Waals surface area contributed by atoms with E-state index >= 15 is 0 Å². The first-order valence-corrected chi connectivity index (χ1v) is 9.64. The second-order valence-corrected chi connectivity index (χ2v) is 7.77. The Hall–Kier alpha value is -1.02. The van der Waals surface area contributed by atoms with Gasteiger partial charge in [0.05, 0.1) is 11.7 Å². The highest BCUT2D eigenvalue weighted by atomic mass is 16.5. The maximum atomic E-state index is 9.48.